The van der Waals surface area contributed by atoms with Crippen LogP contribution in [-0.4, -0.2) is 18.2 Å². The van der Waals surface area contributed by atoms with Gasteiger partial charge >= 0.3 is 5.97 Å². The molecule has 1 aromatic rings. The summed E-state index contributed by atoms with van der Waals surface area (Å²) in [5, 5.41) is 9.23. The van der Waals surface area contributed by atoms with Gasteiger partial charge in [0.2, 0.25) is 0 Å². The monoisotopic (exact) mass is 285 g/mol. The summed E-state index contributed by atoms with van der Waals surface area (Å²) in [5.41, 5.74) is 7.88. The number of carboxylic acid groups (broad SMARTS) is 1. The number of aliphatic carboxylic acids is 1. The van der Waals surface area contributed by atoms with Crippen LogP contribution in [0.15, 0.2) is 12.1 Å². The molecule has 1 unspecified atom stereocenters. The van der Waals surface area contributed by atoms with Crippen molar-refractivity contribution in [2.45, 2.75) is 38.6 Å². The van der Waals surface area contributed by atoms with Gasteiger partial charge in [0, 0.05) is 18.0 Å². The van der Waals surface area contributed by atoms with Gasteiger partial charge in [-0.2, -0.15) is 0 Å². The molecule has 0 aliphatic rings. The Kier molecular flexibility index (Phi) is 5.63. The molecular weight excluding hydrogens is 266 g/mol. The predicted octanol–water partition coefficient (Wildman–Crippen LogP) is 3.34. The SMILES string of the molecule is COc1c(Cl)cc(C(C)C)cc1C(N)CCC(=O)O. The van der Waals surface area contributed by atoms with Crippen LogP contribution in [-0.2, 0) is 4.79 Å². The highest BCUT2D eigenvalue weighted by Gasteiger charge is 2.18. The Morgan fingerprint density at radius 2 is 2.11 bits per heavy atom. The quantitative estimate of drug-likeness (QED) is 0.841. The average Bonchev–Trinajstić information content (AvgIpc) is 2.34. The average molecular weight is 286 g/mol. The highest BCUT2D eigenvalue weighted by atomic mass is 35.5. The molecule has 0 radical (unpaired) electrons. The third-order valence-corrected chi connectivity index (χ3v) is 3.31. The number of nitrogens with two attached hydrogens (primary N) is 1. The molecule has 1 atom stereocenters. The van der Waals surface area contributed by atoms with Crippen molar-refractivity contribution >= 4 is 17.6 Å². The van der Waals surface area contributed by atoms with E-state index in [-0.39, 0.29) is 6.42 Å². The van der Waals surface area contributed by atoms with Crippen LogP contribution in [0.4, 0.5) is 0 Å². The van der Waals surface area contributed by atoms with E-state index >= 15 is 0 Å². The molecule has 0 saturated heterocycles. The second-order valence-corrected chi connectivity index (χ2v) is 5.23. The van der Waals surface area contributed by atoms with Crippen molar-refractivity contribution < 1.29 is 14.6 Å². The second-order valence-electron chi connectivity index (χ2n) is 4.82. The molecule has 3 N–H and O–H groups in total. The first-order valence-corrected chi connectivity index (χ1v) is 6.59. The molecule has 5 heteroatoms. The number of benzene rings is 1. The molecule has 0 heterocycles. The highest BCUT2D eigenvalue weighted by Crippen LogP contribution is 2.36. The minimum Gasteiger partial charge on any atom is -0.495 e. The third kappa shape index (κ3) is 4.11. The summed E-state index contributed by atoms with van der Waals surface area (Å²) >= 11 is 6.19. The number of methoxy groups -OCH3 is 1. The first-order valence-electron chi connectivity index (χ1n) is 6.21. The van der Waals surface area contributed by atoms with E-state index in [9.17, 15) is 4.79 Å². The summed E-state index contributed by atoms with van der Waals surface area (Å²) in [4.78, 5) is 10.6. The van der Waals surface area contributed by atoms with Crippen LogP contribution >= 0.6 is 11.6 Å². The van der Waals surface area contributed by atoms with Crippen LogP contribution < -0.4 is 10.5 Å². The molecule has 0 amide bonds. The van der Waals surface area contributed by atoms with E-state index in [0.29, 0.717) is 23.1 Å². The molecule has 0 bridgehead atoms. The minimum atomic E-state index is -0.861. The van der Waals surface area contributed by atoms with Crippen LogP contribution in [0.3, 0.4) is 0 Å². The maximum absolute atomic E-state index is 10.6. The molecule has 0 aromatic heterocycles. The Bertz CT molecular complexity index is 460. The van der Waals surface area contributed by atoms with Gasteiger partial charge in [-0.25, -0.2) is 0 Å². The molecule has 0 fully saturated rings. The summed E-state index contributed by atoms with van der Waals surface area (Å²) in [6.07, 6.45) is 0.372. The van der Waals surface area contributed by atoms with Crippen molar-refractivity contribution in [3.8, 4) is 5.75 Å². The molecule has 1 aromatic carbocycles. The van der Waals surface area contributed by atoms with Crippen LogP contribution in [0, 0.1) is 0 Å². The van der Waals surface area contributed by atoms with Crippen molar-refractivity contribution in [3.63, 3.8) is 0 Å². The Hall–Kier alpha value is -1.26. The van der Waals surface area contributed by atoms with Crippen molar-refractivity contribution in [1.29, 1.82) is 0 Å². The molecule has 0 spiro atoms. The lowest BCUT2D eigenvalue weighted by molar-refractivity contribution is -0.137. The zero-order valence-corrected chi connectivity index (χ0v) is 12.2. The predicted molar refractivity (Wildman–Crippen MR) is 75.9 cm³/mol. The number of ether oxygens (including phenoxy) is 1. The van der Waals surface area contributed by atoms with Crippen LogP contribution in [0.2, 0.25) is 5.02 Å². The second kappa shape index (κ2) is 6.78. The van der Waals surface area contributed by atoms with Crippen LogP contribution in [0.1, 0.15) is 49.8 Å². The molecule has 1 rings (SSSR count). The van der Waals surface area contributed by atoms with Gasteiger partial charge in [0.25, 0.3) is 0 Å². The molecule has 0 saturated carbocycles. The van der Waals surface area contributed by atoms with Gasteiger partial charge in [-0.05, 0) is 24.0 Å². The minimum absolute atomic E-state index is 0.0217. The first kappa shape index (κ1) is 15.8. The fourth-order valence-electron chi connectivity index (χ4n) is 1.90. The van der Waals surface area contributed by atoms with Crippen molar-refractivity contribution in [2.75, 3.05) is 7.11 Å². The van der Waals surface area contributed by atoms with Crippen molar-refractivity contribution in [2.24, 2.45) is 5.73 Å². The molecular formula is C14H20ClNO3. The first-order chi connectivity index (χ1) is 8.86. The maximum atomic E-state index is 10.6. The standard InChI is InChI=1S/C14H20ClNO3/c1-8(2)9-6-10(12(16)4-5-13(17)18)14(19-3)11(15)7-9/h6-8,12H,4-5,16H2,1-3H3,(H,17,18). The van der Waals surface area contributed by atoms with E-state index in [1.807, 2.05) is 12.1 Å². The summed E-state index contributed by atoms with van der Waals surface area (Å²) in [7, 11) is 1.53. The lowest BCUT2D eigenvalue weighted by Gasteiger charge is -2.19. The molecule has 4 nitrogen and oxygen atoms in total. The number of halogens is 1. The zero-order valence-electron chi connectivity index (χ0n) is 11.4. The van der Waals surface area contributed by atoms with Crippen LogP contribution in [0.25, 0.3) is 0 Å². The largest absolute Gasteiger partial charge is 0.495 e. The van der Waals surface area contributed by atoms with Gasteiger partial charge in [0.05, 0.1) is 12.1 Å². The van der Waals surface area contributed by atoms with E-state index in [1.165, 1.54) is 7.11 Å². The Labute approximate surface area is 118 Å². The summed E-state index contributed by atoms with van der Waals surface area (Å²) in [6, 6.07) is 3.41. The van der Waals surface area contributed by atoms with Crippen molar-refractivity contribution in [3.05, 3.63) is 28.3 Å². The maximum Gasteiger partial charge on any atom is 0.303 e. The Balaban J connectivity index is 3.11. The van der Waals surface area contributed by atoms with Gasteiger partial charge in [-0.1, -0.05) is 31.5 Å². The fourth-order valence-corrected chi connectivity index (χ4v) is 2.21. The number of hydrogen-bond donors (Lipinski definition) is 2. The topological polar surface area (TPSA) is 72.5 Å². The lowest BCUT2D eigenvalue weighted by Crippen LogP contribution is -2.14. The summed E-state index contributed by atoms with van der Waals surface area (Å²) in [5.74, 6) is -0.0155. The van der Waals surface area contributed by atoms with E-state index in [4.69, 9.17) is 27.2 Å². The van der Waals surface area contributed by atoms with Gasteiger partial charge < -0.3 is 15.6 Å². The lowest BCUT2D eigenvalue weighted by atomic mass is 9.95. The van der Waals surface area contributed by atoms with Crippen molar-refractivity contribution in [1.82, 2.24) is 0 Å². The normalized spacial score (nSPS) is 12.5. The zero-order chi connectivity index (χ0) is 14.6. The van der Waals surface area contributed by atoms with E-state index < -0.39 is 12.0 Å². The summed E-state index contributed by atoms with van der Waals surface area (Å²) in [6.45, 7) is 4.12. The van der Waals surface area contributed by atoms with Crippen LogP contribution in [0.5, 0.6) is 5.75 Å². The number of rotatable bonds is 6. The Morgan fingerprint density at radius 1 is 1.47 bits per heavy atom. The van der Waals surface area contributed by atoms with Gasteiger partial charge in [-0.15, -0.1) is 0 Å². The van der Waals surface area contributed by atoms with E-state index in [2.05, 4.69) is 13.8 Å². The fraction of sp³-hybridized carbons (Fsp3) is 0.500. The molecule has 0 aliphatic carbocycles. The molecule has 0 aliphatic heterocycles. The van der Waals surface area contributed by atoms with Gasteiger partial charge in [-0.3, -0.25) is 4.79 Å². The number of hydrogen-bond acceptors (Lipinski definition) is 3. The smallest absolute Gasteiger partial charge is 0.303 e. The van der Waals surface area contributed by atoms with Gasteiger partial charge in [0.1, 0.15) is 5.75 Å². The van der Waals surface area contributed by atoms with E-state index in [0.717, 1.165) is 11.1 Å². The Morgan fingerprint density at radius 3 is 2.58 bits per heavy atom. The number of carboxylic acids is 1. The molecule has 19 heavy (non-hydrogen) atoms. The van der Waals surface area contributed by atoms with Gasteiger partial charge in [0.15, 0.2) is 0 Å². The highest BCUT2D eigenvalue weighted by molar-refractivity contribution is 6.32. The summed E-state index contributed by atoms with van der Waals surface area (Å²) < 4.78 is 5.28. The number of carbonyl (C=O) groups is 1. The van der Waals surface area contributed by atoms with E-state index in [1.54, 1.807) is 0 Å². The third-order valence-electron chi connectivity index (χ3n) is 3.03. The molecule has 106 valence electrons.